The molecule has 2 aliphatic rings. The molecule has 0 aliphatic carbocycles. The number of hydrogen-bond acceptors (Lipinski definition) is 10. The van der Waals surface area contributed by atoms with E-state index < -0.39 is 6.10 Å². The molecule has 1 aromatic heterocycles. The summed E-state index contributed by atoms with van der Waals surface area (Å²) in [5.74, 6) is 1.39. The molecule has 2 aliphatic heterocycles. The first kappa shape index (κ1) is 35.7. The van der Waals surface area contributed by atoms with Crippen molar-refractivity contribution >= 4 is 23.2 Å². The molecule has 5 rings (SSSR count). The molecule has 256 valence electrons. The lowest BCUT2D eigenvalue weighted by Crippen LogP contribution is -2.42. The molecule has 0 unspecified atom stereocenters. The highest BCUT2D eigenvalue weighted by Gasteiger charge is 2.22. The molecule has 2 aromatic carbocycles. The Kier molecular flexibility index (Phi) is 13.4. The monoisotopic (exact) mass is 650 g/mol. The summed E-state index contributed by atoms with van der Waals surface area (Å²) in [7, 11) is 3.50. The molecule has 4 N–H and O–H groups in total. The number of aliphatic hydroxyl groups excluding tert-OH is 1. The van der Waals surface area contributed by atoms with E-state index in [1.54, 1.807) is 20.1 Å². The predicted molar refractivity (Wildman–Crippen MR) is 182 cm³/mol. The van der Waals surface area contributed by atoms with E-state index >= 15 is 0 Å². The highest BCUT2D eigenvalue weighted by Crippen LogP contribution is 2.25. The fraction of sp³-hybridized carbons (Fsp3) is 0.514. The smallest absolute Gasteiger partial charge is 0.251 e. The van der Waals surface area contributed by atoms with Gasteiger partial charge in [-0.25, -0.2) is 4.98 Å². The number of rotatable bonds is 12. The lowest BCUT2D eigenvalue weighted by atomic mass is 9.99. The van der Waals surface area contributed by atoms with Gasteiger partial charge < -0.3 is 39.8 Å². The van der Waals surface area contributed by atoms with Crippen LogP contribution in [0.15, 0.2) is 47.2 Å². The standard InChI is InChI=1S/C32H42N6O5.C3H8O/c1-21-31(43-20-35-21)19-42-30-5-4-24-17-37(9-6-23(24)14-30)18-29(40)16-34-32(41)25-12-27(33-3)15-28(13-25)36-26-7-10-38(11-8-26)22(2)39;1-3-4-2/h4-5,12-15,20,26,29,33,36,40H,6-11,16-19H2,1-3H3,(H,34,41);3H2,1-2H3/t29-;/m1./s1. The molecule has 1 saturated heterocycles. The van der Waals surface area contributed by atoms with Crippen LogP contribution in [-0.4, -0.2) is 97.3 Å². The van der Waals surface area contributed by atoms with Crippen LogP contribution in [0.25, 0.3) is 0 Å². The molecule has 3 heterocycles. The Morgan fingerprint density at radius 3 is 2.51 bits per heavy atom. The Morgan fingerprint density at radius 2 is 1.85 bits per heavy atom. The number of ether oxygens (including phenoxy) is 2. The van der Waals surface area contributed by atoms with Crippen molar-refractivity contribution in [3.8, 4) is 5.75 Å². The summed E-state index contributed by atoms with van der Waals surface area (Å²) in [6, 6.07) is 12.0. The number of aryl methyl sites for hydroxylation is 1. The van der Waals surface area contributed by atoms with Crippen molar-refractivity contribution in [2.75, 3.05) is 64.1 Å². The fourth-order valence-corrected chi connectivity index (χ4v) is 5.68. The Balaban J connectivity index is 0.00000118. The number of aromatic nitrogens is 1. The maximum atomic E-state index is 13.1. The number of likely N-dealkylation sites (tertiary alicyclic amines) is 1. The number of piperidine rings is 1. The minimum atomic E-state index is -0.699. The van der Waals surface area contributed by atoms with E-state index in [1.807, 2.05) is 44.0 Å². The zero-order chi connectivity index (χ0) is 33.8. The number of oxazole rings is 1. The van der Waals surface area contributed by atoms with Crippen LogP contribution in [0.3, 0.4) is 0 Å². The third kappa shape index (κ3) is 10.7. The minimum Gasteiger partial charge on any atom is -0.486 e. The van der Waals surface area contributed by atoms with E-state index in [2.05, 4.69) is 42.7 Å². The van der Waals surface area contributed by atoms with Crippen molar-refractivity contribution in [1.82, 2.24) is 20.1 Å². The zero-order valence-electron chi connectivity index (χ0n) is 28.3. The lowest BCUT2D eigenvalue weighted by Gasteiger charge is -2.32. The molecular weight excluding hydrogens is 600 g/mol. The quantitative estimate of drug-likeness (QED) is 0.229. The Morgan fingerprint density at radius 1 is 1.11 bits per heavy atom. The van der Waals surface area contributed by atoms with Gasteiger partial charge in [0.1, 0.15) is 12.4 Å². The van der Waals surface area contributed by atoms with Crippen molar-refractivity contribution in [2.45, 2.75) is 65.3 Å². The number of amides is 2. The van der Waals surface area contributed by atoms with Crippen LogP contribution in [0.4, 0.5) is 11.4 Å². The minimum absolute atomic E-state index is 0.108. The normalized spacial score (nSPS) is 15.6. The highest BCUT2D eigenvalue weighted by atomic mass is 16.5. The third-order valence-electron chi connectivity index (χ3n) is 8.53. The van der Waals surface area contributed by atoms with E-state index in [9.17, 15) is 14.7 Å². The van der Waals surface area contributed by atoms with Crippen molar-refractivity contribution in [1.29, 1.82) is 0 Å². The molecule has 12 nitrogen and oxygen atoms in total. The molecule has 0 bridgehead atoms. The first-order valence-electron chi connectivity index (χ1n) is 16.3. The maximum Gasteiger partial charge on any atom is 0.251 e. The Hall–Kier alpha value is -4.13. The number of methoxy groups -OCH3 is 1. The maximum absolute atomic E-state index is 13.1. The summed E-state index contributed by atoms with van der Waals surface area (Å²) in [6.45, 7) is 10.2. The average molecular weight is 651 g/mol. The molecule has 0 saturated carbocycles. The molecule has 1 fully saturated rings. The summed E-state index contributed by atoms with van der Waals surface area (Å²) < 4.78 is 15.8. The summed E-state index contributed by atoms with van der Waals surface area (Å²) in [4.78, 5) is 32.9. The van der Waals surface area contributed by atoms with Gasteiger partial charge in [-0.3, -0.25) is 14.5 Å². The largest absolute Gasteiger partial charge is 0.486 e. The van der Waals surface area contributed by atoms with Gasteiger partial charge in [-0.05, 0) is 74.6 Å². The van der Waals surface area contributed by atoms with Crippen LogP contribution in [0, 0.1) is 6.92 Å². The van der Waals surface area contributed by atoms with Crippen LogP contribution in [0.2, 0.25) is 0 Å². The number of nitrogens with zero attached hydrogens (tertiary/aromatic N) is 3. The lowest BCUT2D eigenvalue weighted by molar-refractivity contribution is -0.129. The SMILES string of the molecule is CCOC.CNc1cc(NC2CCN(C(C)=O)CC2)cc(C(=O)NC[C@@H](O)CN2CCc3cc(OCc4ocnc4C)ccc3C2)c1. The van der Waals surface area contributed by atoms with Gasteiger partial charge in [-0.15, -0.1) is 0 Å². The highest BCUT2D eigenvalue weighted by molar-refractivity contribution is 5.96. The summed E-state index contributed by atoms with van der Waals surface area (Å²) in [6.07, 6.45) is 3.30. The van der Waals surface area contributed by atoms with Gasteiger partial charge >= 0.3 is 0 Å². The van der Waals surface area contributed by atoms with Crippen LogP contribution < -0.4 is 20.7 Å². The van der Waals surface area contributed by atoms with E-state index in [-0.39, 0.29) is 24.4 Å². The molecule has 1 atom stereocenters. The molecule has 47 heavy (non-hydrogen) atoms. The van der Waals surface area contributed by atoms with Gasteiger partial charge in [0.2, 0.25) is 5.91 Å². The van der Waals surface area contributed by atoms with Gasteiger partial charge in [-0.1, -0.05) is 6.07 Å². The zero-order valence-corrected chi connectivity index (χ0v) is 28.3. The van der Waals surface area contributed by atoms with Gasteiger partial charge in [0.15, 0.2) is 12.2 Å². The Bertz CT molecular complexity index is 1450. The number of β-amino-alcohol motifs (C(OH)–C–C–N with tert-alkyl or cyclic N) is 1. The Labute approximate surface area is 277 Å². The molecule has 0 radical (unpaired) electrons. The third-order valence-corrected chi connectivity index (χ3v) is 8.53. The van der Waals surface area contributed by atoms with Crippen molar-refractivity contribution in [3.05, 3.63) is 70.9 Å². The molecule has 12 heteroatoms. The van der Waals surface area contributed by atoms with Gasteiger partial charge in [0.25, 0.3) is 5.91 Å². The van der Waals surface area contributed by atoms with E-state index in [1.165, 1.54) is 17.5 Å². The van der Waals surface area contributed by atoms with Gasteiger partial charge in [-0.2, -0.15) is 0 Å². The first-order chi connectivity index (χ1) is 22.7. The van der Waals surface area contributed by atoms with Crippen LogP contribution in [-0.2, 0) is 29.1 Å². The number of nitrogens with one attached hydrogen (secondary N) is 3. The second-order valence-corrected chi connectivity index (χ2v) is 12.0. The second-order valence-electron chi connectivity index (χ2n) is 12.0. The average Bonchev–Trinajstić information content (AvgIpc) is 3.50. The molecule has 2 amide bonds. The van der Waals surface area contributed by atoms with E-state index in [0.717, 1.165) is 80.6 Å². The van der Waals surface area contributed by atoms with E-state index in [0.29, 0.717) is 18.7 Å². The summed E-state index contributed by atoms with van der Waals surface area (Å²) >= 11 is 0. The molecular formula is C35H50N6O6. The number of carbonyl (C=O) groups excluding carboxylic acids is 2. The van der Waals surface area contributed by atoms with Crippen LogP contribution >= 0.6 is 0 Å². The fourth-order valence-electron chi connectivity index (χ4n) is 5.68. The van der Waals surface area contributed by atoms with Gasteiger partial charge in [0, 0.05) is 89.9 Å². The topological polar surface area (TPSA) is 141 Å². The number of aliphatic hydroxyl groups is 1. The number of hydrogen-bond donors (Lipinski definition) is 4. The van der Waals surface area contributed by atoms with Crippen molar-refractivity contribution < 1.29 is 28.6 Å². The number of anilines is 2. The van der Waals surface area contributed by atoms with Crippen molar-refractivity contribution in [2.24, 2.45) is 0 Å². The number of fused-ring (bicyclic) bond motifs is 1. The van der Waals surface area contributed by atoms with Gasteiger partial charge in [0.05, 0.1) is 11.8 Å². The first-order valence-corrected chi connectivity index (χ1v) is 16.3. The molecule has 0 spiro atoms. The number of carbonyl (C=O) groups is 2. The summed E-state index contributed by atoms with van der Waals surface area (Å²) in [5.41, 5.74) is 5.48. The second kappa shape index (κ2) is 17.7. The van der Waals surface area contributed by atoms with Crippen LogP contribution in [0.1, 0.15) is 59.6 Å². The number of benzene rings is 2. The van der Waals surface area contributed by atoms with E-state index in [4.69, 9.17) is 9.15 Å². The van der Waals surface area contributed by atoms with Crippen LogP contribution in [0.5, 0.6) is 5.75 Å². The predicted octanol–water partition coefficient (Wildman–Crippen LogP) is 3.83. The molecule has 3 aromatic rings. The summed E-state index contributed by atoms with van der Waals surface area (Å²) in [5, 5.41) is 20.3. The van der Waals surface area contributed by atoms with Crippen molar-refractivity contribution in [3.63, 3.8) is 0 Å².